The van der Waals surface area contributed by atoms with Crippen molar-refractivity contribution in [1.29, 1.82) is 0 Å². The summed E-state index contributed by atoms with van der Waals surface area (Å²) in [5, 5.41) is 0. The smallest absolute Gasteiger partial charge is 0.254 e. The number of carbonyl (C=O) groups is 1. The average Bonchev–Trinajstić information content (AvgIpc) is 2.66. The summed E-state index contributed by atoms with van der Waals surface area (Å²) in [6.45, 7) is 5.78. The van der Waals surface area contributed by atoms with Gasteiger partial charge in [0.25, 0.3) is 5.91 Å². The van der Waals surface area contributed by atoms with Crippen LogP contribution < -0.4 is 0 Å². The zero-order chi connectivity index (χ0) is 15.6. The van der Waals surface area contributed by atoms with Gasteiger partial charge in [0.1, 0.15) is 0 Å². The van der Waals surface area contributed by atoms with E-state index in [9.17, 15) is 13.2 Å². The topological polar surface area (TPSA) is 57.7 Å². The van der Waals surface area contributed by atoms with Gasteiger partial charge in [0, 0.05) is 31.7 Å². The Morgan fingerprint density at radius 2 is 1.81 bits per heavy atom. The Balaban J connectivity index is 2.15. The van der Waals surface area contributed by atoms with Crippen molar-refractivity contribution in [3.63, 3.8) is 0 Å². The highest BCUT2D eigenvalue weighted by atomic mass is 32.2. The van der Waals surface area contributed by atoms with E-state index in [1.165, 1.54) is 10.6 Å². The maximum absolute atomic E-state index is 12.6. The summed E-state index contributed by atoms with van der Waals surface area (Å²) >= 11 is 0. The van der Waals surface area contributed by atoms with Crippen LogP contribution in [0.2, 0.25) is 0 Å². The Hall–Kier alpha value is -1.40. The summed E-state index contributed by atoms with van der Waals surface area (Å²) in [7, 11) is -3.18. The van der Waals surface area contributed by atoms with Gasteiger partial charge in [0.2, 0.25) is 10.0 Å². The van der Waals surface area contributed by atoms with Crippen LogP contribution in [0.3, 0.4) is 0 Å². The summed E-state index contributed by atoms with van der Waals surface area (Å²) in [5.41, 5.74) is 2.72. The quantitative estimate of drug-likeness (QED) is 0.830. The number of nitrogens with zero attached hydrogens (tertiary/aromatic N) is 2. The molecule has 0 aromatic heterocycles. The van der Waals surface area contributed by atoms with Gasteiger partial charge in [-0.1, -0.05) is 17.7 Å². The van der Waals surface area contributed by atoms with Crippen LogP contribution in [-0.2, 0) is 10.0 Å². The summed E-state index contributed by atoms with van der Waals surface area (Å²) in [6.07, 6.45) is 1.89. The Kier molecular flexibility index (Phi) is 4.68. The second-order valence-electron chi connectivity index (χ2n) is 5.63. The molecule has 6 heteroatoms. The predicted octanol–water partition coefficient (Wildman–Crippen LogP) is 1.41. The molecule has 1 saturated heterocycles. The van der Waals surface area contributed by atoms with E-state index in [1.54, 1.807) is 4.90 Å². The molecule has 1 aliphatic heterocycles. The summed E-state index contributed by atoms with van der Waals surface area (Å²) in [4.78, 5) is 14.4. The molecule has 5 nitrogen and oxygen atoms in total. The lowest BCUT2D eigenvalue weighted by molar-refractivity contribution is 0.0763. The van der Waals surface area contributed by atoms with Crippen molar-refractivity contribution in [1.82, 2.24) is 9.21 Å². The molecule has 0 saturated carbocycles. The number of carbonyl (C=O) groups excluding carboxylic acids is 1. The summed E-state index contributed by atoms with van der Waals surface area (Å²) in [5.74, 6) is -0.00782. The van der Waals surface area contributed by atoms with Gasteiger partial charge in [0.15, 0.2) is 0 Å². The van der Waals surface area contributed by atoms with E-state index >= 15 is 0 Å². The lowest BCUT2D eigenvalue weighted by Crippen LogP contribution is -2.37. The third-order valence-electron chi connectivity index (χ3n) is 3.83. The van der Waals surface area contributed by atoms with E-state index in [1.807, 2.05) is 32.0 Å². The third kappa shape index (κ3) is 3.83. The molecule has 21 heavy (non-hydrogen) atoms. The molecule has 1 aromatic rings. The second kappa shape index (κ2) is 6.15. The van der Waals surface area contributed by atoms with E-state index in [0.29, 0.717) is 38.2 Å². The first-order valence-corrected chi connectivity index (χ1v) is 8.95. The van der Waals surface area contributed by atoms with Gasteiger partial charge in [-0.15, -0.1) is 0 Å². The molecule has 0 aliphatic carbocycles. The first-order valence-electron chi connectivity index (χ1n) is 7.10. The highest BCUT2D eigenvalue weighted by Crippen LogP contribution is 2.15. The standard InChI is InChI=1S/C15H22N2O3S/c1-12-5-6-13(2)14(11-12)15(18)16-7-4-8-17(10-9-16)21(3,19)20/h5-6,11H,4,7-10H2,1-3H3. The van der Waals surface area contributed by atoms with E-state index in [2.05, 4.69) is 0 Å². The molecular weight excluding hydrogens is 288 g/mol. The van der Waals surface area contributed by atoms with Crippen LogP contribution in [0.4, 0.5) is 0 Å². The van der Waals surface area contributed by atoms with Crippen molar-refractivity contribution in [2.75, 3.05) is 32.4 Å². The van der Waals surface area contributed by atoms with Crippen LogP contribution in [0, 0.1) is 13.8 Å². The van der Waals surface area contributed by atoms with Gasteiger partial charge in [0.05, 0.1) is 6.26 Å². The minimum atomic E-state index is -3.18. The SMILES string of the molecule is Cc1ccc(C)c(C(=O)N2CCCN(S(C)(=O)=O)CC2)c1. The number of rotatable bonds is 2. The maximum Gasteiger partial charge on any atom is 0.254 e. The van der Waals surface area contributed by atoms with Crippen LogP contribution >= 0.6 is 0 Å². The van der Waals surface area contributed by atoms with E-state index in [-0.39, 0.29) is 5.91 Å². The van der Waals surface area contributed by atoms with Crippen LogP contribution in [-0.4, -0.2) is 56.0 Å². The second-order valence-corrected chi connectivity index (χ2v) is 7.61. The minimum absolute atomic E-state index is 0.00782. The Morgan fingerprint density at radius 3 is 2.48 bits per heavy atom. The fraction of sp³-hybridized carbons (Fsp3) is 0.533. The number of sulfonamides is 1. The Morgan fingerprint density at radius 1 is 1.10 bits per heavy atom. The van der Waals surface area contributed by atoms with E-state index in [4.69, 9.17) is 0 Å². The van der Waals surface area contributed by atoms with Gasteiger partial charge in [-0.25, -0.2) is 12.7 Å². The molecule has 2 rings (SSSR count). The van der Waals surface area contributed by atoms with Crippen LogP contribution in [0.25, 0.3) is 0 Å². The lowest BCUT2D eigenvalue weighted by Gasteiger charge is -2.22. The third-order valence-corrected chi connectivity index (χ3v) is 5.14. The van der Waals surface area contributed by atoms with Gasteiger partial charge in [-0.05, 0) is 31.9 Å². The van der Waals surface area contributed by atoms with E-state index in [0.717, 1.165) is 11.1 Å². The van der Waals surface area contributed by atoms with Crippen molar-refractivity contribution in [2.45, 2.75) is 20.3 Å². The summed E-state index contributed by atoms with van der Waals surface area (Å²) < 4.78 is 24.7. The normalized spacial score (nSPS) is 17.6. The average molecular weight is 310 g/mol. The van der Waals surface area contributed by atoms with Crippen LogP contribution in [0.5, 0.6) is 0 Å². The molecule has 0 unspecified atom stereocenters. The molecule has 1 fully saturated rings. The first kappa shape index (κ1) is 16.0. The molecule has 0 spiro atoms. The largest absolute Gasteiger partial charge is 0.337 e. The van der Waals surface area contributed by atoms with Crippen molar-refractivity contribution >= 4 is 15.9 Å². The molecule has 1 aromatic carbocycles. The van der Waals surface area contributed by atoms with Gasteiger partial charge in [-0.3, -0.25) is 4.79 Å². The maximum atomic E-state index is 12.6. The van der Waals surface area contributed by atoms with Crippen molar-refractivity contribution < 1.29 is 13.2 Å². The van der Waals surface area contributed by atoms with Crippen molar-refractivity contribution in [3.05, 3.63) is 34.9 Å². The Labute approximate surface area is 126 Å². The Bertz CT molecular complexity index is 640. The molecular formula is C15H22N2O3S. The van der Waals surface area contributed by atoms with Crippen molar-refractivity contribution in [2.24, 2.45) is 0 Å². The molecule has 1 amide bonds. The molecule has 0 atom stereocenters. The molecule has 0 radical (unpaired) electrons. The number of hydrogen-bond donors (Lipinski definition) is 0. The van der Waals surface area contributed by atoms with Gasteiger partial charge >= 0.3 is 0 Å². The fourth-order valence-electron chi connectivity index (χ4n) is 2.57. The lowest BCUT2D eigenvalue weighted by atomic mass is 10.0. The number of aryl methyl sites for hydroxylation is 2. The monoisotopic (exact) mass is 310 g/mol. The minimum Gasteiger partial charge on any atom is -0.337 e. The highest BCUT2D eigenvalue weighted by molar-refractivity contribution is 7.88. The number of amides is 1. The summed E-state index contributed by atoms with van der Waals surface area (Å²) in [6, 6.07) is 5.83. The highest BCUT2D eigenvalue weighted by Gasteiger charge is 2.25. The van der Waals surface area contributed by atoms with Gasteiger partial charge < -0.3 is 4.90 Å². The molecule has 0 N–H and O–H groups in total. The fourth-order valence-corrected chi connectivity index (χ4v) is 3.44. The zero-order valence-electron chi connectivity index (χ0n) is 12.8. The number of hydrogen-bond acceptors (Lipinski definition) is 3. The van der Waals surface area contributed by atoms with Gasteiger partial charge in [-0.2, -0.15) is 0 Å². The van der Waals surface area contributed by atoms with E-state index < -0.39 is 10.0 Å². The molecule has 1 aliphatic rings. The number of benzene rings is 1. The zero-order valence-corrected chi connectivity index (χ0v) is 13.6. The van der Waals surface area contributed by atoms with Crippen LogP contribution in [0.1, 0.15) is 27.9 Å². The molecule has 0 bridgehead atoms. The predicted molar refractivity (Wildman–Crippen MR) is 82.9 cm³/mol. The molecule has 116 valence electrons. The van der Waals surface area contributed by atoms with Crippen molar-refractivity contribution in [3.8, 4) is 0 Å². The molecule has 1 heterocycles. The van der Waals surface area contributed by atoms with Crippen LogP contribution in [0.15, 0.2) is 18.2 Å². The first-order chi connectivity index (χ1) is 9.79.